The number of hydrogen-bond acceptors (Lipinski definition) is 5. The molecule has 0 aromatic heterocycles. The number of rotatable bonds is 6. The molecule has 156 valence electrons. The van der Waals surface area contributed by atoms with E-state index < -0.39 is 10.0 Å². The quantitative estimate of drug-likeness (QED) is 0.743. The highest BCUT2D eigenvalue weighted by molar-refractivity contribution is 7.92. The molecule has 1 heterocycles. The van der Waals surface area contributed by atoms with Crippen molar-refractivity contribution in [2.24, 2.45) is 0 Å². The van der Waals surface area contributed by atoms with Crippen LogP contribution in [0.25, 0.3) is 0 Å². The van der Waals surface area contributed by atoms with Crippen molar-refractivity contribution in [3.05, 3.63) is 46.5 Å². The van der Waals surface area contributed by atoms with Crippen LogP contribution < -0.4 is 14.2 Å². The first-order valence-corrected chi connectivity index (χ1v) is 11.0. The lowest BCUT2D eigenvalue weighted by Crippen LogP contribution is -2.28. The number of amides is 1. The van der Waals surface area contributed by atoms with Crippen LogP contribution in [0, 0.1) is 6.92 Å². The number of anilines is 1. The van der Waals surface area contributed by atoms with Crippen molar-refractivity contribution in [1.29, 1.82) is 0 Å². The maximum atomic E-state index is 13.1. The first-order valence-electron chi connectivity index (χ1n) is 9.11. The van der Waals surface area contributed by atoms with Crippen LogP contribution in [0.1, 0.15) is 28.8 Å². The summed E-state index contributed by atoms with van der Waals surface area (Å²) in [6.07, 6.45) is 1.92. The number of methoxy groups -OCH3 is 2. The van der Waals surface area contributed by atoms with Gasteiger partial charge in [0.1, 0.15) is 11.5 Å². The highest BCUT2D eigenvalue weighted by Gasteiger charge is 2.24. The van der Waals surface area contributed by atoms with E-state index in [1.807, 2.05) is 0 Å². The second-order valence-corrected chi connectivity index (χ2v) is 8.83. The molecule has 3 rings (SSSR count). The molecule has 1 aliphatic rings. The standard InChI is InChI=1S/C20H23ClN2O5S/c1-13-6-7-14(20(24)23-8-4-5-9-23)10-19(13)29(25,26)22-16-11-15(21)17(27-2)12-18(16)28-3/h6-7,10-12,22H,4-5,8-9H2,1-3H3. The number of aryl methyl sites for hydroxylation is 1. The topological polar surface area (TPSA) is 84.9 Å². The fourth-order valence-electron chi connectivity index (χ4n) is 3.26. The van der Waals surface area contributed by atoms with E-state index in [0.717, 1.165) is 12.8 Å². The van der Waals surface area contributed by atoms with Gasteiger partial charge in [-0.3, -0.25) is 9.52 Å². The summed E-state index contributed by atoms with van der Waals surface area (Å²) >= 11 is 6.14. The van der Waals surface area contributed by atoms with Gasteiger partial charge in [-0.15, -0.1) is 0 Å². The molecule has 1 saturated heterocycles. The van der Waals surface area contributed by atoms with E-state index >= 15 is 0 Å². The van der Waals surface area contributed by atoms with Gasteiger partial charge in [0.05, 0.1) is 29.8 Å². The van der Waals surface area contributed by atoms with Crippen molar-refractivity contribution in [1.82, 2.24) is 4.90 Å². The predicted octanol–water partition coefficient (Wildman–Crippen LogP) is 3.70. The van der Waals surface area contributed by atoms with E-state index in [9.17, 15) is 13.2 Å². The summed E-state index contributed by atoms with van der Waals surface area (Å²) in [5.41, 5.74) is 1.04. The van der Waals surface area contributed by atoms with Gasteiger partial charge in [0.2, 0.25) is 0 Å². The van der Waals surface area contributed by atoms with Gasteiger partial charge in [0.15, 0.2) is 0 Å². The molecule has 9 heteroatoms. The molecular weight excluding hydrogens is 416 g/mol. The Morgan fingerprint density at radius 2 is 1.72 bits per heavy atom. The van der Waals surface area contributed by atoms with Crippen molar-refractivity contribution in [3.63, 3.8) is 0 Å². The van der Waals surface area contributed by atoms with E-state index in [0.29, 0.717) is 30.0 Å². The fourth-order valence-corrected chi connectivity index (χ4v) is 4.84. The van der Waals surface area contributed by atoms with Crippen LogP contribution in [0.3, 0.4) is 0 Å². The Morgan fingerprint density at radius 3 is 2.34 bits per heavy atom. The number of carbonyl (C=O) groups is 1. The third-order valence-corrected chi connectivity index (χ3v) is 6.64. The molecule has 1 fully saturated rings. The third-order valence-electron chi connectivity index (χ3n) is 4.84. The molecule has 1 amide bonds. The van der Waals surface area contributed by atoms with Gasteiger partial charge in [-0.2, -0.15) is 0 Å². The zero-order valence-corrected chi connectivity index (χ0v) is 18.1. The van der Waals surface area contributed by atoms with E-state index in [4.69, 9.17) is 21.1 Å². The number of ether oxygens (including phenoxy) is 2. The summed E-state index contributed by atoms with van der Waals surface area (Å²) in [6.45, 7) is 3.06. The molecule has 2 aromatic rings. The van der Waals surface area contributed by atoms with Gasteiger partial charge in [-0.05, 0) is 43.5 Å². The number of carbonyl (C=O) groups excluding carboxylic acids is 1. The van der Waals surface area contributed by atoms with Crippen molar-refractivity contribution < 1.29 is 22.7 Å². The lowest BCUT2D eigenvalue weighted by molar-refractivity contribution is 0.0792. The van der Waals surface area contributed by atoms with E-state index in [2.05, 4.69) is 4.72 Å². The summed E-state index contributed by atoms with van der Waals surface area (Å²) < 4.78 is 39.1. The highest BCUT2D eigenvalue weighted by Crippen LogP contribution is 2.37. The summed E-state index contributed by atoms with van der Waals surface area (Å²) in [5.74, 6) is 0.460. The summed E-state index contributed by atoms with van der Waals surface area (Å²) in [5, 5.41) is 0.237. The minimum absolute atomic E-state index is 0.0246. The van der Waals surface area contributed by atoms with Crippen LogP contribution in [-0.2, 0) is 10.0 Å². The van der Waals surface area contributed by atoms with Crippen LogP contribution in [-0.4, -0.2) is 46.5 Å². The van der Waals surface area contributed by atoms with Crippen LogP contribution >= 0.6 is 11.6 Å². The van der Waals surface area contributed by atoms with E-state index in [1.54, 1.807) is 24.0 Å². The molecule has 0 atom stereocenters. The van der Waals surface area contributed by atoms with Gasteiger partial charge < -0.3 is 14.4 Å². The SMILES string of the molecule is COc1cc(OC)c(NS(=O)(=O)c2cc(C(=O)N3CCCC3)ccc2C)cc1Cl. The Kier molecular flexibility index (Phi) is 6.24. The first kappa shape index (κ1) is 21.3. The van der Waals surface area contributed by atoms with Gasteiger partial charge in [0.25, 0.3) is 15.9 Å². The van der Waals surface area contributed by atoms with Crippen molar-refractivity contribution in [2.75, 3.05) is 32.0 Å². The zero-order valence-electron chi connectivity index (χ0n) is 16.5. The minimum atomic E-state index is -3.99. The van der Waals surface area contributed by atoms with Crippen LogP contribution in [0.15, 0.2) is 35.2 Å². The zero-order chi connectivity index (χ0) is 21.2. The molecule has 0 aliphatic carbocycles. The molecule has 0 unspecified atom stereocenters. The van der Waals surface area contributed by atoms with E-state index in [-0.39, 0.29) is 27.3 Å². The second-order valence-electron chi connectivity index (χ2n) is 6.77. The first-order chi connectivity index (χ1) is 13.8. The Hall–Kier alpha value is -2.45. The number of hydrogen-bond donors (Lipinski definition) is 1. The van der Waals surface area contributed by atoms with Gasteiger partial charge in [-0.25, -0.2) is 8.42 Å². The Labute approximate surface area is 175 Å². The lowest BCUT2D eigenvalue weighted by atomic mass is 10.1. The third kappa shape index (κ3) is 4.43. The van der Waals surface area contributed by atoms with E-state index in [1.165, 1.54) is 32.4 Å². The molecule has 1 aliphatic heterocycles. The minimum Gasteiger partial charge on any atom is -0.495 e. The summed E-state index contributed by atoms with van der Waals surface area (Å²) in [6, 6.07) is 7.62. The van der Waals surface area contributed by atoms with Gasteiger partial charge >= 0.3 is 0 Å². The molecule has 0 saturated carbocycles. The van der Waals surface area contributed by atoms with Crippen LogP contribution in [0.4, 0.5) is 5.69 Å². The molecule has 29 heavy (non-hydrogen) atoms. The monoisotopic (exact) mass is 438 g/mol. The second kappa shape index (κ2) is 8.51. The summed E-state index contributed by atoms with van der Waals surface area (Å²) in [7, 11) is -1.12. The largest absolute Gasteiger partial charge is 0.495 e. The molecular formula is C20H23ClN2O5S. The Morgan fingerprint density at radius 1 is 1.07 bits per heavy atom. The number of benzene rings is 2. The number of nitrogens with zero attached hydrogens (tertiary/aromatic N) is 1. The highest BCUT2D eigenvalue weighted by atomic mass is 35.5. The molecule has 7 nitrogen and oxygen atoms in total. The van der Waals surface area contributed by atoms with Crippen LogP contribution in [0.5, 0.6) is 11.5 Å². The predicted molar refractivity (Wildman–Crippen MR) is 112 cm³/mol. The molecule has 0 spiro atoms. The van der Waals surface area contributed by atoms with Gasteiger partial charge in [-0.1, -0.05) is 17.7 Å². The number of sulfonamides is 1. The normalized spacial score (nSPS) is 14.0. The Bertz CT molecular complexity index is 1030. The summed E-state index contributed by atoms with van der Waals surface area (Å²) in [4.78, 5) is 14.4. The lowest BCUT2D eigenvalue weighted by Gasteiger charge is -2.18. The smallest absolute Gasteiger partial charge is 0.262 e. The number of halogens is 1. The van der Waals surface area contributed by atoms with Crippen molar-refractivity contribution in [2.45, 2.75) is 24.7 Å². The Balaban J connectivity index is 1.96. The van der Waals surface area contributed by atoms with Crippen molar-refractivity contribution in [3.8, 4) is 11.5 Å². The number of likely N-dealkylation sites (tertiary alicyclic amines) is 1. The molecule has 2 aromatic carbocycles. The number of nitrogens with one attached hydrogen (secondary N) is 1. The molecule has 0 radical (unpaired) electrons. The average Bonchev–Trinajstić information content (AvgIpc) is 3.22. The molecule has 0 bridgehead atoms. The van der Waals surface area contributed by atoms with Crippen molar-refractivity contribution >= 4 is 33.2 Å². The fraction of sp³-hybridized carbons (Fsp3) is 0.350. The maximum absolute atomic E-state index is 13.1. The maximum Gasteiger partial charge on any atom is 0.262 e. The average molecular weight is 439 g/mol. The van der Waals surface area contributed by atoms with Gasteiger partial charge in [0, 0.05) is 24.7 Å². The molecule has 1 N–H and O–H groups in total. The van der Waals surface area contributed by atoms with Crippen LogP contribution in [0.2, 0.25) is 5.02 Å².